The van der Waals surface area contributed by atoms with Crippen molar-refractivity contribution in [2.75, 3.05) is 6.54 Å². The van der Waals surface area contributed by atoms with Crippen molar-refractivity contribution in [3.63, 3.8) is 0 Å². The smallest absolute Gasteiger partial charge is 0.308 e. The molecule has 0 radical (unpaired) electrons. The fourth-order valence-corrected chi connectivity index (χ4v) is 2.28. The Morgan fingerprint density at radius 2 is 2.26 bits per heavy atom. The van der Waals surface area contributed by atoms with Crippen LogP contribution in [0.25, 0.3) is 0 Å². The van der Waals surface area contributed by atoms with Crippen molar-refractivity contribution in [3.05, 3.63) is 34.6 Å². The number of carbonyl (C=O) groups excluding carboxylic acids is 1. The highest BCUT2D eigenvalue weighted by molar-refractivity contribution is 6.30. The quantitative estimate of drug-likeness (QED) is 0.927. The molecule has 1 aromatic rings. The monoisotopic (exact) mass is 285 g/mol. The van der Waals surface area contributed by atoms with E-state index in [1.54, 1.807) is 6.07 Å². The number of carboxylic acid groups (broad SMARTS) is 1. The number of carboxylic acids is 1. The van der Waals surface area contributed by atoms with Crippen molar-refractivity contribution in [1.29, 1.82) is 0 Å². The number of amides is 1. The molecule has 1 fully saturated rings. The van der Waals surface area contributed by atoms with Crippen LogP contribution in [0.4, 0.5) is 4.39 Å². The highest BCUT2D eigenvalue weighted by Crippen LogP contribution is 2.22. The number of hydrogen-bond acceptors (Lipinski definition) is 2. The molecule has 1 aromatic carbocycles. The minimum absolute atomic E-state index is 0.0750. The molecule has 0 bridgehead atoms. The molecular formula is C13H13ClFNO3. The normalized spacial score (nSPS) is 19.6. The van der Waals surface area contributed by atoms with Gasteiger partial charge in [0, 0.05) is 30.1 Å². The number of hydrogen-bond donors (Lipinski definition) is 1. The summed E-state index contributed by atoms with van der Waals surface area (Å²) in [5.74, 6) is -2.13. The topological polar surface area (TPSA) is 57.6 Å². The molecule has 1 atom stereocenters. The Balaban J connectivity index is 2.12. The van der Waals surface area contributed by atoms with Crippen LogP contribution >= 0.6 is 11.6 Å². The van der Waals surface area contributed by atoms with Crippen LogP contribution in [0.2, 0.25) is 5.02 Å². The highest BCUT2D eigenvalue weighted by Gasteiger charge is 2.30. The minimum atomic E-state index is -0.922. The molecule has 1 N–H and O–H groups in total. The summed E-state index contributed by atoms with van der Waals surface area (Å²) < 4.78 is 13.6. The molecule has 1 aliphatic rings. The first-order valence-corrected chi connectivity index (χ1v) is 6.29. The number of likely N-dealkylation sites (tertiary alicyclic amines) is 1. The van der Waals surface area contributed by atoms with Crippen molar-refractivity contribution >= 4 is 23.5 Å². The molecule has 0 spiro atoms. The van der Waals surface area contributed by atoms with Gasteiger partial charge in [-0.1, -0.05) is 17.7 Å². The van der Waals surface area contributed by atoms with Crippen LogP contribution in [-0.4, -0.2) is 28.4 Å². The lowest BCUT2D eigenvalue weighted by Gasteiger charge is -2.30. The minimum Gasteiger partial charge on any atom is -0.481 e. The number of benzene rings is 1. The van der Waals surface area contributed by atoms with Crippen molar-refractivity contribution in [2.45, 2.75) is 19.4 Å². The van der Waals surface area contributed by atoms with Gasteiger partial charge in [-0.2, -0.15) is 0 Å². The molecule has 2 rings (SSSR count). The van der Waals surface area contributed by atoms with Gasteiger partial charge in [0.1, 0.15) is 5.82 Å². The van der Waals surface area contributed by atoms with Gasteiger partial charge in [0.25, 0.3) is 0 Å². The molecule has 102 valence electrons. The van der Waals surface area contributed by atoms with Gasteiger partial charge in [0.15, 0.2) is 0 Å². The van der Waals surface area contributed by atoms with E-state index in [1.165, 1.54) is 17.0 Å². The molecule has 1 unspecified atom stereocenters. The molecular weight excluding hydrogens is 273 g/mol. The molecule has 4 nitrogen and oxygen atoms in total. The van der Waals surface area contributed by atoms with Gasteiger partial charge >= 0.3 is 5.97 Å². The molecule has 1 saturated heterocycles. The Morgan fingerprint density at radius 3 is 2.89 bits per heavy atom. The zero-order valence-corrected chi connectivity index (χ0v) is 10.9. The molecule has 19 heavy (non-hydrogen) atoms. The molecule has 1 heterocycles. The van der Waals surface area contributed by atoms with Crippen molar-refractivity contribution in [1.82, 2.24) is 4.90 Å². The molecule has 6 heteroatoms. The third-order valence-corrected chi connectivity index (χ3v) is 3.46. The third kappa shape index (κ3) is 3.23. The van der Waals surface area contributed by atoms with Gasteiger partial charge in [-0.25, -0.2) is 4.39 Å². The fraction of sp³-hybridized carbons (Fsp3) is 0.385. The van der Waals surface area contributed by atoms with Crippen molar-refractivity contribution in [3.8, 4) is 0 Å². The lowest BCUT2D eigenvalue weighted by molar-refractivity contribution is -0.147. The summed E-state index contributed by atoms with van der Waals surface area (Å²) in [7, 11) is 0. The summed E-state index contributed by atoms with van der Waals surface area (Å²) in [6.07, 6.45) is 0.528. The van der Waals surface area contributed by atoms with E-state index < -0.39 is 17.7 Å². The van der Waals surface area contributed by atoms with Gasteiger partial charge in [-0.05, 0) is 18.6 Å². The molecule has 0 aliphatic carbocycles. The van der Waals surface area contributed by atoms with E-state index in [0.717, 1.165) is 0 Å². The third-order valence-electron chi connectivity index (χ3n) is 3.23. The summed E-state index contributed by atoms with van der Waals surface area (Å²) in [6, 6.07) is 4.23. The average Bonchev–Trinajstić information content (AvgIpc) is 2.34. The summed E-state index contributed by atoms with van der Waals surface area (Å²) in [6.45, 7) is 0.196. The van der Waals surface area contributed by atoms with Gasteiger partial charge in [-0.3, -0.25) is 9.59 Å². The lowest BCUT2D eigenvalue weighted by atomic mass is 9.97. The number of halogens is 2. The Morgan fingerprint density at radius 1 is 1.53 bits per heavy atom. The number of carbonyl (C=O) groups is 2. The van der Waals surface area contributed by atoms with Gasteiger partial charge in [0.05, 0.1) is 5.92 Å². The van der Waals surface area contributed by atoms with E-state index in [0.29, 0.717) is 12.0 Å². The van der Waals surface area contributed by atoms with E-state index in [2.05, 4.69) is 0 Å². The Bertz CT molecular complexity index is 521. The predicted octanol–water partition coefficient (Wildman–Crippen LogP) is 2.30. The van der Waals surface area contributed by atoms with Crippen LogP contribution in [0.5, 0.6) is 0 Å². The van der Waals surface area contributed by atoms with E-state index in [1.807, 2.05) is 0 Å². The number of nitrogens with zero attached hydrogens (tertiary/aromatic N) is 1. The second-order valence-electron chi connectivity index (χ2n) is 4.58. The van der Waals surface area contributed by atoms with Crippen LogP contribution in [-0.2, 0) is 16.1 Å². The van der Waals surface area contributed by atoms with E-state index in [-0.39, 0.29) is 30.4 Å². The first-order chi connectivity index (χ1) is 8.97. The predicted molar refractivity (Wildman–Crippen MR) is 67.2 cm³/mol. The van der Waals surface area contributed by atoms with Crippen LogP contribution in [0.3, 0.4) is 0 Å². The molecule has 1 aliphatic heterocycles. The van der Waals surface area contributed by atoms with Gasteiger partial charge in [0.2, 0.25) is 5.91 Å². The van der Waals surface area contributed by atoms with Gasteiger partial charge < -0.3 is 10.0 Å². The van der Waals surface area contributed by atoms with E-state index >= 15 is 0 Å². The SMILES string of the molecule is O=C(O)C1CCC(=O)N(Cc2ccc(Cl)cc2F)C1. The highest BCUT2D eigenvalue weighted by atomic mass is 35.5. The van der Waals surface area contributed by atoms with Crippen LogP contribution < -0.4 is 0 Å². The standard InChI is InChI=1S/C13H13ClFNO3/c14-10-3-1-8(11(15)5-10)6-16-7-9(13(18)19)2-4-12(16)17/h1,3,5,9H,2,4,6-7H2,(H,18,19). The van der Waals surface area contributed by atoms with Crippen LogP contribution in [0.1, 0.15) is 18.4 Å². The number of aliphatic carboxylic acids is 1. The number of rotatable bonds is 3. The summed E-state index contributed by atoms with van der Waals surface area (Å²) in [5.41, 5.74) is 0.337. The fourth-order valence-electron chi connectivity index (χ4n) is 2.12. The first-order valence-electron chi connectivity index (χ1n) is 5.92. The zero-order chi connectivity index (χ0) is 14.0. The van der Waals surface area contributed by atoms with Crippen molar-refractivity contribution < 1.29 is 19.1 Å². The molecule has 1 amide bonds. The maximum Gasteiger partial charge on any atom is 0.308 e. The van der Waals surface area contributed by atoms with Gasteiger partial charge in [-0.15, -0.1) is 0 Å². The lowest BCUT2D eigenvalue weighted by Crippen LogP contribution is -2.42. The maximum absolute atomic E-state index is 13.6. The second kappa shape index (κ2) is 5.57. The van der Waals surface area contributed by atoms with E-state index in [4.69, 9.17) is 16.7 Å². The Hall–Kier alpha value is -1.62. The van der Waals surface area contributed by atoms with Crippen LogP contribution in [0, 0.1) is 11.7 Å². The first kappa shape index (κ1) is 13.8. The second-order valence-corrected chi connectivity index (χ2v) is 5.02. The molecule has 0 saturated carbocycles. The number of piperidine rings is 1. The maximum atomic E-state index is 13.6. The summed E-state index contributed by atoms with van der Waals surface area (Å²) >= 11 is 5.65. The summed E-state index contributed by atoms with van der Waals surface area (Å²) in [4.78, 5) is 24.1. The van der Waals surface area contributed by atoms with Crippen LogP contribution in [0.15, 0.2) is 18.2 Å². The Labute approximate surface area is 114 Å². The Kier molecular flexibility index (Phi) is 4.04. The zero-order valence-electron chi connectivity index (χ0n) is 10.1. The largest absolute Gasteiger partial charge is 0.481 e. The van der Waals surface area contributed by atoms with E-state index in [9.17, 15) is 14.0 Å². The summed E-state index contributed by atoms with van der Waals surface area (Å²) in [5, 5.41) is 9.26. The molecule has 0 aromatic heterocycles. The average molecular weight is 286 g/mol. The van der Waals surface area contributed by atoms with Crippen molar-refractivity contribution in [2.24, 2.45) is 5.92 Å².